The Morgan fingerprint density at radius 1 is 1.15 bits per heavy atom. The zero-order valence-corrected chi connectivity index (χ0v) is 15.2. The molecule has 0 aliphatic rings. The van der Waals surface area contributed by atoms with Crippen LogP contribution < -0.4 is 4.74 Å². The van der Waals surface area contributed by atoms with Crippen molar-refractivity contribution in [3.8, 4) is 28.4 Å². The van der Waals surface area contributed by atoms with Crippen LogP contribution in [-0.4, -0.2) is 28.2 Å². The summed E-state index contributed by atoms with van der Waals surface area (Å²) in [4.78, 5) is 19.8. The Morgan fingerprint density at radius 3 is 2.67 bits per heavy atom. The van der Waals surface area contributed by atoms with Gasteiger partial charge in [-0.2, -0.15) is 0 Å². The monoisotopic (exact) mass is 386 g/mol. The number of aliphatic carboxylic acids is 1. The maximum Gasteiger partial charge on any atom is 0.303 e. The van der Waals surface area contributed by atoms with Crippen LogP contribution in [0.15, 0.2) is 48.5 Å². The van der Waals surface area contributed by atoms with Gasteiger partial charge in [-0.1, -0.05) is 23.7 Å². The maximum absolute atomic E-state index is 13.9. The minimum absolute atomic E-state index is 0.00815. The van der Waals surface area contributed by atoms with E-state index in [1.807, 2.05) is 24.3 Å². The van der Waals surface area contributed by atoms with E-state index in [1.54, 1.807) is 19.2 Å². The Bertz CT molecular complexity index is 995. The van der Waals surface area contributed by atoms with Crippen molar-refractivity contribution in [2.45, 2.75) is 12.8 Å². The van der Waals surface area contributed by atoms with Gasteiger partial charge in [-0.25, -0.2) is 14.4 Å². The summed E-state index contributed by atoms with van der Waals surface area (Å²) in [5, 5.41) is 8.97. The fourth-order valence-corrected chi connectivity index (χ4v) is 2.67. The van der Waals surface area contributed by atoms with Crippen molar-refractivity contribution in [2.24, 2.45) is 0 Å². The van der Waals surface area contributed by atoms with Crippen LogP contribution in [0.3, 0.4) is 0 Å². The minimum Gasteiger partial charge on any atom is -0.497 e. The van der Waals surface area contributed by atoms with Gasteiger partial charge in [0.1, 0.15) is 11.6 Å². The molecule has 0 spiro atoms. The van der Waals surface area contributed by atoms with Gasteiger partial charge in [-0.05, 0) is 36.4 Å². The van der Waals surface area contributed by atoms with E-state index in [2.05, 4.69) is 9.97 Å². The number of ether oxygens (including phenoxy) is 1. The summed E-state index contributed by atoms with van der Waals surface area (Å²) in [7, 11) is 1.57. The van der Waals surface area contributed by atoms with Gasteiger partial charge in [-0.15, -0.1) is 0 Å². The number of hydrogen-bond acceptors (Lipinski definition) is 4. The largest absolute Gasteiger partial charge is 0.497 e. The highest BCUT2D eigenvalue weighted by molar-refractivity contribution is 6.30. The van der Waals surface area contributed by atoms with Crippen molar-refractivity contribution < 1.29 is 19.0 Å². The molecule has 0 amide bonds. The lowest BCUT2D eigenvalue weighted by Gasteiger charge is -2.10. The normalized spacial score (nSPS) is 10.6. The first kappa shape index (κ1) is 18.8. The Morgan fingerprint density at radius 2 is 1.96 bits per heavy atom. The third-order valence-corrected chi connectivity index (χ3v) is 4.22. The van der Waals surface area contributed by atoms with E-state index in [0.29, 0.717) is 28.5 Å². The fraction of sp³-hybridized carbons (Fsp3) is 0.150. The van der Waals surface area contributed by atoms with Gasteiger partial charge in [-0.3, -0.25) is 4.79 Å². The number of carbonyl (C=O) groups is 1. The first-order valence-corrected chi connectivity index (χ1v) is 8.53. The highest BCUT2D eigenvalue weighted by Gasteiger charge is 2.12. The Kier molecular flexibility index (Phi) is 5.66. The van der Waals surface area contributed by atoms with Crippen molar-refractivity contribution in [2.75, 3.05) is 7.11 Å². The summed E-state index contributed by atoms with van der Waals surface area (Å²) in [5.41, 5.74) is 2.38. The summed E-state index contributed by atoms with van der Waals surface area (Å²) < 4.78 is 19.1. The zero-order chi connectivity index (χ0) is 19.4. The quantitative estimate of drug-likeness (QED) is 0.668. The number of aromatic nitrogens is 2. The molecule has 0 fully saturated rings. The maximum atomic E-state index is 13.9. The van der Waals surface area contributed by atoms with Crippen molar-refractivity contribution in [3.63, 3.8) is 0 Å². The molecule has 1 N–H and O–H groups in total. The summed E-state index contributed by atoms with van der Waals surface area (Å²) in [6.07, 6.45) is 0.168. The molecule has 3 aromatic rings. The van der Waals surface area contributed by atoms with Crippen molar-refractivity contribution in [1.82, 2.24) is 9.97 Å². The van der Waals surface area contributed by atoms with Crippen molar-refractivity contribution in [1.29, 1.82) is 0 Å². The Labute approximate surface area is 160 Å². The van der Waals surface area contributed by atoms with E-state index in [4.69, 9.17) is 21.4 Å². The van der Waals surface area contributed by atoms with Crippen LogP contribution in [0.4, 0.5) is 4.39 Å². The van der Waals surface area contributed by atoms with Crippen LogP contribution in [0.25, 0.3) is 22.6 Å². The molecule has 0 saturated carbocycles. The van der Waals surface area contributed by atoms with E-state index in [0.717, 1.165) is 5.56 Å². The van der Waals surface area contributed by atoms with E-state index in [-0.39, 0.29) is 17.9 Å². The van der Waals surface area contributed by atoms with E-state index in [9.17, 15) is 9.18 Å². The minimum atomic E-state index is -0.921. The second kappa shape index (κ2) is 8.14. The lowest BCUT2D eigenvalue weighted by Crippen LogP contribution is -2.03. The molecule has 2 aromatic carbocycles. The van der Waals surface area contributed by atoms with E-state index in [1.165, 1.54) is 12.1 Å². The van der Waals surface area contributed by atoms with Crippen LogP contribution in [0.5, 0.6) is 5.75 Å². The van der Waals surface area contributed by atoms with Gasteiger partial charge in [0.15, 0.2) is 5.82 Å². The number of aryl methyl sites for hydroxylation is 1. The number of hydrogen-bond donors (Lipinski definition) is 1. The molecule has 0 saturated heterocycles. The van der Waals surface area contributed by atoms with Gasteiger partial charge in [0, 0.05) is 23.2 Å². The van der Waals surface area contributed by atoms with Gasteiger partial charge in [0.05, 0.1) is 24.2 Å². The SMILES string of the molecule is COc1cccc(-c2cc(CCC(=O)O)nc(-c3ccc(Cl)c(F)c3)n2)c1. The molecule has 5 nitrogen and oxygen atoms in total. The van der Waals surface area contributed by atoms with Gasteiger partial charge in [0.2, 0.25) is 0 Å². The van der Waals surface area contributed by atoms with Gasteiger partial charge in [0.25, 0.3) is 0 Å². The Balaban J connectivity index is 2.10. The topological polar surface area (TPSA) is 72.3 Å². The molecule has 0 aliphatic carbocycles. The summed E-state index contributed by atoms with van der Waals surface area (Å²) in [6.45, 7) is 0. The molecule has 1 heterocycles. The molecule has 27 heavy (non-hydrogen) atoms. The standard InChI is InChI=1S/C20H16ClFN2O3/c1-27-15-4-2-3-12(9-15)18-11-14(6-8-19(25)26)23-20(24-18)13-5-7-16(21)17(22)10-13/h2-5,7,9-11H,6,8H2,1H3,(H,25,26). The third kappa shape index (κ3) is 4.60. The molecule has 3 rings (SSSR count). The summed E-state index contributed by atoms with van der Waals surface area (Å²) in [6, 6.07) is 13.4. The zero-order valence-electron chi connectivity index (χ0n) is 14.4. The molecule has 7 heteroatoms. The number of rotatable bonds is 6. The second-order valence-corrected chi connectivity index (χ2v) is 6.23. The number of benzene rings is 2. The van der Waals surface area contributed by atoms with Crippen LogP contribution in [0.1, 0.15) is 12.1 Å². The molecule has 0 atom stereocenters. The molecule has 1 aromatic heterocycles. The lowest BCUT2D eigenvalue weighted by molar-refractivity contribution is -0.136. The predicted octanol–water partition coefficient (Wildman–Crippen LogP) is 4.63. The molecule has 138 valence electrons. The molecule has 0 radical (unpaired) electrons. The highest BCUT2D eigenvalue weighted by atomic mass is 35.5. The average Bonchev–Trinajstić information content (AvgIpc) is 2.68. The number of carboxylic acid groups (broad SMARTS) is 1. The fourth-order valence-electron chi connectivity index (χ4n) is 2.56. The van der Waals surface area contributed by atoms with Crippen LogP contribution >= 0.6 is 11.6 Å². The van der Waals surface area contributed by atoms with Crippen molar-refractivity contribution in [3.05, 3.63) is 65.1 Å². The predicted molar refractivity (Wildman–Crippen MR) is 100 cm³/mol. The van der Waals surface area contributed by atoms with Crippen LogP contribution in [-0.2, 0) is 11.2 Å². The molecule has 0 unspecified atom stereocenters. The van der Waals surface area contributed by atoms with Crippen LogP contribution in [0.2, 0.25) is 5.02 Å². The van der Waals surface area contributed by atoms with Crippen molar-refractivity contribution >= 4 is 17.6 Å². The first-order chi connectivity index (χ1) is 13.0. The first-order valence-electron chi connectivity index (χ1n) is 8.16. The Hall–Kier alpha value is -2.99. The summed E-state index contributed by atoms with van der Waals surface area (Å²) in [5.74, 6) is -0.532. The number of nitrogens with zero attached hydrogens (tertiary/aromatic N) is 2. The van der Waals surface area contributed by atoms with Gasteiger partial charge >= 0.3 is 5.97 Å². The smallest absolute Gasteiger partial charge is 0.303 e. The lowest BCUT2D eigenvalue weighted by atomic mass is 10.1. The molecule has 0 bridgehead atoms. The molecular formula is C20H16ClFN2O3. The molecule has 0 aliphatic heterocycles. The third-order valence-electron chi connectivity index (χ3n) is 3.92. The highest BCUT2D eigenvalue weighted by Crippen LogP contribution is 2.27. The average molecular weight is 387 g/mol. The van der Waals surface area contributed by atoms with Gasteiger partial charge < -0.3 is 9.84 Å². The van der Waals surface area contributed by atoms with Crippen LogP contribution in [0, 0.1) is 5.82 Å². The number of carboxylic acids is 1. The molecular weight excluding hydrogens is 371 g/mol. The summed E-state index contributed by atoms with van der Waals surface area (Å²) >= 11 is 5.75. The number of methoxy groups -OCH3 is 1. The van der Waals surface area contributed by atoms with E-state index >= 15 is 0 Å². The number of halogens is 2. The second-order valence-electron chi connectivity index (χ2n) is 5.82. The van der Waals surface area contributed by atoms with E-state index < -0.39 is 11.8 Å².